The lowest BCUT2D eigenvalue weighted by Crippen LogP contribution is -2.47. The molecule has 19 heavy (non-hydrogen) atoms. The number of rotatable bonds is 3. The minimum Gasteiger partial charge on any atom is -0.508 e. The molecule has 104 valence electrons. The summed E-state index contributed by atoms with van der Waals surface area (Å²) < 4.78 is 0. The Morgan fingerprint density at radius 1 is 1.16 bits per heavy atom. The number of nitrogens with zero attached hydrogens (tertiary/aromatic N) is 1. The summed E-state index contributed by atoms with van der Waals surface area (Å²) in [4.78, 5) is 2.45. The van der Waals surface area contributed by atoms with Gasteiger partial charge in [-0.1, -0.05) is 6.42 Å². The largest absolute Gasteiger partial charge is 0.508 e. The molecule has 3 N–H and O–H groups in total. The SMILES string of the molecule is Oc1ccc(O)c([C@@H](C2CCC2)N2CCNCC2)c1. The van der Waals surface area contributed by atoms with Gasteiger partial charge in [0.15, 0.2) is 0 Å². The number of aromatic hydroxyl groups is 2. The molecular weight excluding hydrogens is 240 g/mol. The van der Waals surface area contributed by atoms with E-state index in [0.717, 1.165) is 31.7 Å². The fourth-order valence-corrected chi connectivity index (χ4v) is 3.24. The molecule has 0 unspecified atom stereocenters. The van der Waals surface area contributed by atoms with Crippen LogP contribution >= 0.6 is 0 Å². The van der Waals surface area contributed by atoms with Crippen LogP contribution in [0.25, 0.3) is 0 Å². The van der Waals surface area contributed by atoms with Gasteiger partial charge in [0.05, 0.1) is 0 Å². The van der Waals surface area contributed by atoms with Gasteiger partial charge in [-0.15, -0.1) is 0 Å². The van der Waals surface area contributed by atoms with Gasteiger partial charge in [-0.05, 0) is 37.0 Å². The molecule has 1 aliphatic heterocycles. The molecule has 1 atom stereocenters. The van der Waals surface area contributed by atoms with Crippen molar-refractivity contribution in [1.29, 1.82) is 0 Å². The van der Waals surface area contributed by atoms with E-state index in [-0.39, 0.29) is 11.8 Å². The highest BCUT2D eigenvalue weighted by atomic mass is 16.3. The van der Waals surface area contributed by atoms with Crippen molar-refractivity contribution in [2.24, 2.45) is 5.92 Å². The van der Waals surface area contributed by atoms with Crippen molar-refractivity contribution < 1.29 is 10.2 Å². The fourth-order valence-electron chi connectivity index (χ4n) is 3.24. The second-order valence-electron chi connectivity index (χ2n) is 5.66. The summed E-state index contributed by atoms with van der Waals surface area (Å²) in [6.45, 7) is 4.03. The van der Waals surface area contributed by atoms with Crippen molar-refractivity contribution in [2.45, 2.75) is 25.3 Å². The van der Waals surface area contributed by atoms with Crippen LogP contribution in [0.1, 0.15) is 30.9 Å². The van der Waals surface area contributed by atoms with Crippen LogP contribution in [0, 0.1) is 5.92 Å². The van der Waals surface area contributed by atoms with E-state index < -0.39 is 0 Å². The second kappa shape index (κ2) is 5.39. The zero-order valence-corrected chi connectivity index (χ0v) is 11.2. The van der Waals surface area contributed by atoms with Crippen LogP contribution in [-0.4, -0.2) is 41.3 Å². The summed E-state index contributed by atoms with van der Waals surface area (Å²) in [5.74, 6) is 1.17. The lowest BCUT2D eigenvalue weighted by molar-refractivity contribution is 0.0818. The minimum absolute atomic E-state index is 0.243. The zero-order valence-electron chi connectivity index (χ0n) is 11.2. The molecule has 1 saturated carbocycles. The number of hydrogen-bond donors (Lipinski definition) is 3. The van der Waals surface area contributed by atoms with Gasteiger partial charge in [0.1, 0.15) is 11.5 Å². The van der Waals surface area contributed by atoms with Gasteiger partial charge in [0.2, 0.25) is 0 Å². The van der Waals surface area contributed by atoms with Crippen LogP contribution in [0.15, 0.2) is 18.2 Å². The Balaban J connectivity index is 1.90. The molecule has 0 radical (unpaired) electrons. The minimum atomic E-state index is 0.243. The molecule has 1 saturated heterocycles. The van der Waals surface area contributed by atoms with Crippen LogP contribution in [0.2, 0.25) is 0 Å². The summed E-state index contributed by atoms with van der Waals surface area (Å²) in [5.41, 5.74) is 0.895. The summed E-state index contributed by atoms with van der Waals surface area (Å²) in [6.07, 6.45) is 3.74. The standard InChI is InChI=1S/C15H22N2O2/c18-12-4-5-14(19)13(10-12)15(11-2-1-3-11)17-8-6-16-7-9-17/h4-5,10-11,15-16,18-19H,1-3,6-9H2/t15-/m1/s1. The highest BCUT2D eigenvalue weighted by Gasteiger charge is 2.35. The topological polar surface area (TPSA) is 55.7 Å². The van der Waals surface area contributed by atoms with E-state index >= 15 is 0 Å². The van der Waals surface area contributed by atoms with Gasteiger partial charge in [-0.2, -0.15) is 0 Å². The van der Waals surface area contributed by atoms with Crippen LogP contribution < -0.4 is 5.32 Å². The van der Waals surface area contributed by atoms with Crippen LogP contribution in [0.4, 0.5) is 0 Å². The first-order valence-electron chi connectivity index (χ1n) is 7.22. The quantitative estimate of drug-likeness (QED) is 0.728. The van der Waals surface area contributed by atoms with Gasteiger partial charge in [-0.25, -0.2) is 0 Å². The number of benzene rings is 1. The van der Waals surface area contributed by atoms with Crippen molar-refractivity contribution in [1.82, 2.24) is 10.2 Å². The van der Waals surface area contributed by atoms with E-state index in [2.05, 4.69) is 10.2 Å². The maximum Gasteiger partial charge on any atom is 0.120 e. The van der Waals surface area contributed by atoms with Gasteiger partial charge < -0.3 is 15.5 Å². The van der Waals surface area contributed by atoms with Crippen molar-refractivity contribution in [3.05, 3.63) is 23.8 Å². The Morgan fingerprint density at radius 3 is 2.53 bits per heavy atom. The van der Waals surface area contributed by atoms with Crippen LogP contribution in [0.3, 0.4) is 0 Å². The van der Waals surface area contributed by atoms with E-state index in [1.165, 1.54) is 19.3 Å². The fraction of sp³-hybridized carbons (Fsp3) is 0.600. The third-order valence-electron chi connectivity index (χ3n) is 4.47. The molecule has 4 heteroatoms. The van der Waals surface area contributed by atoms with Crippen molar-refractivity contribution in [2.75, 3.05) is 26.2 Å². The molecule has 0 spiro atoms. The average Bonchev–Trinajstić information content (AvgIpc) is 2.38. The molecule has 1 heterocycles. The molecule has 3 rings (SSSR count). The van der Waals surface area contributed by atoms with Crippen molar-refractivity contribution in [3.8, 4) is 11.5 Å². The Bertz CT molecular complexity index is 440. The summed E-state index contributed by atoms with van der Waals surface area (Å²) in [7, 11) is 0. The van der Waals surface area contributed by atoms with Gasteiger partial charge in [0.25, 0.3) is 0 Å². The van der Waals surface area contributed by atoms with E-state index in [1.807, 2.05) is 0 Å². The molecule has 2 aliphatic rings. The first-order valence-corrected chi connectivity index (χ1v) is 7.22. The first kappa shape index (κ1) is 12.8. The molecule has 1 aromatic carbocycles. The van der Waals surface area contributed by atoms with Gasteiger partial charge in [0, 0.05) is 37.8 Å². The Kier molecular flexibility index (Phi) is 3.62. The predicted molar refractivity (Wildman–Crippen MR) is 74.3 cm³/mol. The number of piperazine rings is 1. The Labute approximate surface area is 114 Å². The summed E-state index contributed by atoms with van der Waals surface area (Å²) >= 11 is 0. The van der Waals surface area contributed by atoms with Gasteiger partial charge >= 0.3 is 0 Å². The second-order valence-corrected chi connectivity index (χ2v) is 5.66. The van der Waals surface area contributed by atoms with E-state index in [1.54, 1.807) is 18.2 Å². The predicted octanol–water partition coefficient (Wildman–Crippen LogP) is 1.84. The van der Waals surface area contributed by atoms with Gasteiger partial charge in [-0.3, -0.25) is 4.90 Å². The lowest BCUT2D eigenvalue weighted by Gasteiger charge is -2.43. The highest BCUT2D eigenvalue weighted by Crippen LogP contribution is 2.44. The third kappa shape index (κ3) is 2.55. The maximum atomic E-state index is 10.2. The number of phenolic OH excluding ortho intramolecular Hbond substituents is 2. The molecule has 0 bridgehead atoms. The summed E-state index contributed by atoms with van der Waals surface area (Å²) in [6, 6.07) is 5.15. The molecular formula is C15H22N2O2. The number of hydrogen-bond acceptors (Lipinski definition) is 4. The molecule has 2 fully saturated rings. The molecule has 1 aliphatic carbocycles. The average molecular weight is 262 g/mol. The lowest BCUT2D eigenvalue weighted by atomic mass is 9.76. The number of nitrogens with one attached hydrogen (secondary N) is 1. The van der Waals surface area contributed by atoms with Crippen molar-refractivity contribution in [3.63, 3.8) is 0 Å². The molecule has 0 amide bonds. The molecule has 4 nitrogen and oxygen atoms in total. The van der Waals surface area contributed by atoms with Crippen molar-refractivity contribution >= 4 is 0 Å². The Hall–Kier alpha value is -1.26. The zero-order chi connectivity index (χ0) is 13.2. The number of phenols is 2. The Morgan fingerprint density at radius 2 is 1.89 bits per heavy atom. The van der Waals surface area contributed by atoms with E-state index in [4.69, 9.17) is 0 Å². The third-order valence-corrected chi connectivity index (χ3v) is 4.47. The molecule has 1 aromatic rings. The normalized spacial score (nSPS) is 22.9. The monoisotopic (exact) mass is 262 g/mol. The first-order chi connectivity index (χ1) is 9.25. The van der Waals surface area contributed by atoms with E-state index in [9.17, 15) is 10.2 Å². The van der Waals surface area contributed by atoms with Crippen LogP contribution in [-0.2, 0) is 0 Å². The maximum absolute atomic E-state index is 10.2. The van der Waals surface area contributed by atoms with Crippen LogP contribution in [0.5, 0.6) is 11.5 Å². The smallest absolute Gasteiger partial charge is 0.120 e. The molecule has 0 aromatic heterocycles. The van der Waals surface area contributed by atoms with E-state index in [0.29, 0.717) is 11.7 Å². The highest BCUT2D eigenvalue weighted by molar-refractivity contribution is 5.41. The summed E-state index contributed by atoms with van der Waals surface area (Å²) in [5, 5.41) is 23.2.